The number of hydrogen-bond acceptors (Lipinski definition) is 1. The average molecular weight is 152 g/mol. The van der Waals surface area contributed by atoms with E-state index in [2.05, 4.69) is 0 Å². The molecule has 1 nitrogen and oxygen atoms in total. The summed E-state index contributed by atoms with van der Waals surface area (Å²) in [5.74, 6) is 2.72. The fourth-order valence-corrected chi connectivity index (χ4v) is 2.97. The van der Waals surface area contributed by atoms with Crippen molar-refractivity contribution in [3.05, 3.63) is 0 Å². The van der Waals surface area contributed by atoms with E-state index in [0.29, 0.717) is 0 Å². The summed E-state index contributed by atoms with van der Waals surface area (Å²) in [6.07, 6.45) is 8.97. The minimum Gasteiger partial charge on any atom is -0.303 e. The van der Waals surface area contributed by atoms with Gasteiger partial charge < -0.3 is 4.79 Å². The summed E-state index contributed by atoms with van der Waals surface area (Å²) in [4.78, 5) is 10.3. The van der Waals surface area contributed by atoms with E-state index in [0.717, 1.165) is 30.5 Å². The molecular formula is C10H16O. The molecule has 2 aliphatic rings. The fourth-order valence-electron chi connectivity index (χ4n) is 2.97. The van der Waals surface area contributed by atoms with Crippen LogP contribution in [0.2, 0.25) is 0 Å². The molecule has 3 atom stereocenters. The standard InChI is InChI=1S/C10H16O/c11-4-3-10-6-8-1-2-9(5-8)7-10/h4,8-10H,1-3,5-7H2/t8-,9+,10+. The van der Waals surface area contributed by atoms with E-state index >= 15 is 0 Å². The SMILES string of the molecule is O=CC[C@@H]1C[C@H]2CC[C@@H](C1)C2. The van der Waals surface area contributed by atoms with Crippen LogP contribution in [0, 0.1) is 17.8 Å². The predicted octanol–water partition coefficient (Wildman–Crippen LogP) is 2.40. The Balaban J connectivity index is 1.91. The molecule has 0 aromatic heterocycles. The third kappa shape index (κ3) is 1.47. The fraction of sp³-hybridized carbons (Fsp3) is 0.900. The molecule has 0 spiro atoms. The molecule has 2 bridgehead atoms. The Labute approximate surface area is 68.2 Å². The Morgan fingerprint density at radius 1 is 1.09 bits per heavy atom. The number of fused-ring (bicyclic) bond motifs is 2. The highest BCUT2D eigenvalue weighted by molar-refractivity contribution is 5.49. The zero-order chi connectivity index (χ0) is 7.68. The molecule has 0 aliphatic heterocycles. The molecule has 0 N–H and O–H groups in total. The predicted molar refractivity (Wildman–Crippen MR) is 44.2 cm³/mol. The van der Waals surface area contributed by atoms with Crippen LogP contribution in [0.1, 0.15) is 38.5 Å². The number of carbonyl (C=O) groups is 1. The monoisotopic (exact) mass is 152 g/mol. The van der Waals surface area contributed by atoms with E-state index in [9.17, 15) is 4.79 Å². The number of rotatable bonds is 2. The van der Waals surface area contributed by atoms with E-state index in [-0.39, 0.29) is 0 Å². The summed E-state index contributed by atoms with van der Waals surface area (Å²) in [7, 11) is 0. The van der Waals surface area contributed by atoms with Crippen molar-refractivity contribution in [2.45, 2.75) is 38.5 Å². The van der Waals surface area contributed by atoms with Crippen LogP contribution in [-0.2, 0) is 4.79 Å². The van der Waals surface area contributed by atoms with E-state index in [4.69, 9.17) is 0 Å². The van der Waals surface area contributed by atoms with Crippen molar-refractivity contribution in [3.8, 4) is 0 Å². The van der Waals surface area contributed by atoms with Gasteiger partial charge in [0.25, 0.3) is 0 Å². The van der Waals surface area contributed by atoms with Crippen LogP contribution in [0.25, 0.3) is 0 Å². The maximum absolute atomic E-state index is 10.3. The van der Waals surface area contributed by atoms with Gasteiger partial charge in [-0.2, -0.15) is 0 Å². The Bertz CT molecular complexity index is 141. The second kappa shape index (κ2) is 2.96. The first-order valence-corrected chi connectivity index (χ1v) is 4.82. The summed E-state index contributed by atoms with van der Waals surface area (Å²) in [6, 6.07) is 0. The third-order valence-corrected chi connectivity index (χ3v) is 3.41. The molecule has 0 aromatic carbocycles. The number of carbonyl (C=O) groups excluding carboxylic acids is 1. The summed E-state index contributed by atoms with van der Waals surface area (Å²) in [5.41, 5.74) is 0. The van der Waals surface area contributed by atoms with Gasteiger partial charge in [0.2, 0.25) is 0 Å². The molecule has 11 heavy (non-hydrogen) atoms. The molecule has 62 valence electrons. The van der Waals surface area contributed by atoms with Crippen molar-refractivity contribution < 1.29 is 4.79 Å². The van der Waals surface area contributed by atoms with Crippen LogP contribution < -0.4 is 0 Å². The molecule has 0 amide bonds. The minimum absolute atomic E-state index is 0.749. The van der Waals surface area contributed by atoms with Gasteiger partial charge in [0.05, 0.1) is 0 Å². The Kier molecular flexibility index (Phi) is 1.97. The first-order valence-electron chi connectivity index (χ1n) is 4.82. The van der Waals surface area contributed by atoms with Crippen LogP contribution in [0.3, 0.4) is 0 Å². The van der Waals surface area contributed by atoms with E-state index < -0.39 is 0 Å². The highest BCUT2D eigenvalue weighted by Crippen LogP contribution is 2.45. The second-order valence-corrected chi connectivity index (χ2v) is 4.28. The van der Waals surface area contributed by atoms with Gasteiger partial charge in [-0.1, -0.05) is 12.8 Å². The largest absolute Gasteiger partial charge is 0.303 e. The summed E-state index contributed by atoms with van der Waals surface area (Å²) in [5, 5.41) is 0. The zero-order valence-corrected chi connectivity index (χ0v) is 6.96. The minimum atomic E-state index is 0.749. The van der Waals surface area contributed by atoms with Crippen molar-refractivity contribution in [1.29, 1.82) is 0 Å². The quantitative estimate of drug-likeness (QED) is 0.555. The van der Waals surface area contributed by atoms with Crippen molar-refractivity contribution in [2.75, 3.05) is 0 Å². The molecule has 1 heteroatoms. The van der Waals surface area contributed by atoms with Crippen molar-refractivity contribution in [1.82, 2.24) is 0 Å². The molecule has 2 aliphatic carbocycles. The lowest BCUT2D eigenvalue weighted by atomic mass is 9.80. The third-order valence-electron chi connectivity index (χ3n) is 3.41. The van der Waals surface area contributed by atoms with Crippen molar-refractivity contribution in [2.24, 2.45) is 17.8 Å². The van der Waals surface area contributed by atoms with Crippen molar-refractivity contribution in [3.63, 3.8) is 0 Å². The summed E-state index contributed by atoms with van der Waals surface area (Å²) >= 11 is 0. The molecule has 0 unspecified atom stereocenters. The zero-order valence-electron chi connectivity index (χ0n) is 6.96. The Morgan fingerprint density at radius 3 is 2.27 bits per heavy atom. The highest BCUT2D eigenvalue weighted by Gasteiger charge is 2.33. The van der Waals surface area contributed by atoms with Gasteiger partial charge >= 0.3 is 0 Å². The van der Waals surface area contributed by atoms with Gasteiger partial charge in [0.1, 0.15) is 6.29 Å². The lowest BCUT2D eigenvalue weighted by Crippen LogP contribution is -2.15. The van der Waals surface area contributed by atoms with E-state index in [1.165, 1.54) is 32.1 Å². The molecule has 2 saturated carbocycles. The molecule has 2 fully saturated rings. The molecular weight excluding hydrogens is 136 g/mol. The van der Waals surface area contributed by atoms with E-state index in [1.807, 2.05) is 0 Å². The van der Waals surface area contributed by atoms with Crippen LogP contribution in [-0.4, -0.2) is 6.29 Å². The summed E-state index contributed by atoms with van der Waals surface area (Å²) in [6.45, 7) is 0. The number of hydrogen-bond donors (Lipinski definition) is 0. The summed E-state index contributed by atoms with van der Waals surface area (Å²) < 4.78 is 0. The highest BCUT2D eigenvalue weighted by atomic mass is 16.1. The molecule has 0 heterocycles. The molecule has 2 rings (SSSR count). The van der Waals surface area contributed by atoms with Crippen LogP contribution in [0.5, 0.6) is 0 Å². The van der Waals surface area contributed by atoms with Crippen LogP contribution in [0.4, 0.5) is 0 Å². The maximum Gasteiger partial charge on any atom is 0.120 e. The van der Waals surface area contributed by atoms with Crippen LogP contribution >= 0.6 is 0 Å². The smallest absolute Gasteiger partial charge is 0.120 e. The van der Waals surface area contributed by atoms with Gasteiger partial charge in [-0.15, -0.1) is 0 Å². The maximum atomic E-state index is 10.3. The van der Waals surface area contributed by atoms with Crippen molar-refractivity contribution >= 4 is 6.29 Å². The normalized spacial score (nSPS) is 42.4. The Morgan fingerprint density at radius 2 is 1.73 bits per heavy atom. The van der Waals surface area contributed by atoms with Gasteiger partial charge in [-0.25, -0.2) is 0 Å². The van der Waals surface area contributed by atoms with E-state index in [1.54, 1.807) is 0 Å². The van der Waals surface area contributed by atoms with Gasteiger partial charge in [-0.3, -0.25) is 0 Å². The lowest BCUT2D eigenvalue weighted by Gasteiger charge is -2.25. The molecule has 0 aromatic rings. The lowest BCUT2D eigenvalue weighted by molar-refractivity contribution is -0.108. The Hall–Kier alpha value is -0.330. The first-order chi connectivity index (χ1) is 5.38. The topological polar surface area (TPSA) is 17.1 Å². The second-order valence-electron chi connectivity index (χ2n) is 4.28. The van der Waals surface area contributed by atoms with Gasteiger partial charge in [0, 0.05) is 6.42 Å². The molecule has 0 saturated heterocycles. The molecule has 0 radical (unpaired) electrons. The first kappa shape index (κ1) is 7.33. The van der Waals surface area contributed by atoms with Crippen LogP contribution in [0.15, 0.2) is 0 Å². The number of aldehydes is 1. The van der Waals surface area contributed by atoms with Gasteiger partial charge in [-0.05, 0) is 37.0 Å². The van der Waals surface area contributed by atoms with Gasteiger partial charge in [0.15, 0.2) is 0 Å². The average Bonchev–Trinajstić information content (AvgIpc) is 2.32.